The number of nitrogens with two attached hydrogens (primary N) is 1. The highest BCUT2D eigenvalue weighted by Gasteiger charge is 2.14. The van der Waals surface area contributed by atoms with Crippen molar-refractivity contribution in [2.24, 2.45) is 5.73 Å². The molecule has 4 heteroatoms. The fraction of sp³-hybridized carbons (Fsp3) is 0.167. The summed E-state index contributed by atoms with van der Waals surface area (Å²) in [6.45, 7) is 0.375. The van der Waals surface area contributed by atoms with Gasteiger partial charge in [-0.05, 0) is 30.3 Å². The van der Waals surface area contributed by atoms with Crippen molar-refractivity contribution in [2.45, 2.75) is 6.10 Å². The lowest BCUT2D eigenvalue weighted by atomic mass is 10.2. The first-order valence-electron chi connectivity index (χ1n) is 4.95. The third-order valence-corrected chi connectivity index (χ3v) is 2.64. The predicted molar refractivity (Wildman–Crippen MR) is 65.3 cm³/mol. The van der Waals surface area contributed by atoms with Crippen LogP contribution in [-0.2, 0) is 0 Å². The van der Waals surface area contributed by atoms with Gasteiger partial charge in [0.15, 0.2) is 6.10 Å². The van der Waals surface area contributed by atoms with E-state index in [2.05, 4.69) is 15.9 Å². The average Bonchev–Trinajstić information content (AvgIpc) is 2.79. The topological polar surface area (TPSA) is 48.4 Å². The van der Waals surface area contributed by atoms with Crippen molar-refractivity contribution in [3.8, 4) is 5.75 Å². The van der Waals surface area contributed by atoms with Gasteiger partial charge in [-0.15, -0.1) is 0 Å². The lowest BCUT2D eigenvalue weighted by molar-refractivity contribution is 0.184. The standard InChI is InChI=1S/C12H12BrNO2/c13-9-3-1-4-10(7-9)16-12(8-14)11-5-2-6-15-11/h1-7,12H,8,14H2. The highest BCUT2D eigenvalue weighted by molar-refractivity contribution is 9.10. The molecule has 1 atom stereocenters. The van der Waals surface area contributed by atoms with E-state index in [1.807, 2.05) is 36.4 Å². The molecular weight excluding hydrogens is 270 g/mol. The average molecular weight is 282 g/mol. The highest BCUT2D eigenvalue weighted by atomic mass is 79.9. The van der Waals surface area contributed by atoms with Crippen LogP contribution in [0, 0.1) is 0 Å². The highest BCUT2D eigenvalue weighted by Crippen LogP contribution is 2.24. The van der Waals surface area contributed by atoms with E-state index in [1.54, 1.807) is 6.26 Å². The monoisotopic (exact) mass is 281 g/mol. The molecule has 1 unspecified atom stereocenters. The number of hydrogen-bond donors (Lipinski definition) is 1. The summed E-state index contributed by atoms with van der Waals surface area (Å²) in [5.74, 6) is 1.50. The van der Waals surface area contributed by atoms with Gasteiger partial charge in [-0.25, -0.2) is 0 Å². The van der Waals surface area contributed by atoms with Gasteiger partial charge in [0.1, 0.15) is 11.5 Å². The Morgan fingerprint density at radius 1 is 1.31 bits per heavy atom. The van der Waals surface area contributed by atoms with Crippen LogP contribution in [0.15, 0.2) is 51.6 Å². The maximum Gasteiger partial charge on any atom is 0.168 e. The van der Waals surface area contributed by atoms with Crippen LogP contribution in [0.5, 0.6) is 5.75 Å². The zero-order chi connectivity index (χ0) is 11.4. The summed E-state index contributed by atoms with van der Waals surface area (Å²) in [6.07, 6.45) is 1.37. The van der Waals surface area contributed by atoms with Crippen LogP contribution >= 0.6 is 15.9 Å². The number of halogens is 1. The Morgan fingerprint density at radius 2 is 2.19 bits per heavy atom. The molecule has 0 amide bonds. The van der Waals surface area contributed by atoms with Crippen molar-refractivity contribution in [1.82, 2.24) is 0 Å². The lowest BCUT2D eigenvalue weighted by Gasteiger charge is -2.15. The largest absolute Gasteiger partial charge is 0.481 e. The van der Waals surface area contributed by atoms with Crippen molar-refractivity contribution >= 4 is 15.9 Å². The number of benzene rings is 1. The van der Waals surface area contributed by atoms with Gasteiger partial charge < -0.3 is 14.9 Å². The summed E-state index contributed by atoms with van der Waals surface area (Å²) >= 11 is 3.39. The van der Waals surface area contributed by atoms with E-state index in [-0.39, 0.29) is 6.10 Å². The molecule has 0 aliphatic carbocycles. The molecule has 3 nitrogen and oxygen atoms in total. The van der Waals surface area contributed by atoms with E-state index in [1.165, 1.54) is 0 Å². The van der Waals surface area contributed by atoms with Crippen molar-refractivity contribution in [3.05, 3.63) is 52.9 Å². The SMILES string of the molecule is NCC(Oc1cccc(Br)c1)c1ccco1. The summed E-state index contributed by atoms with van der Waals surface area (Å²) in [5, 5.41) is 0. The summed E-state index contributed by atoms with van der Waals surface area (Å²) in [5.41, 5.74) is 5.65. The second-order valence-corrected chi connectivity index (χ2v) is 4.23. The molecule has 0 saturated carbocycles. The predicted octanol–water partition coefficient (Wildman–Crippen LogP) is 3.12. The van der Waals surface area contributed by atoms with Gasteiger partial charge in [0.05, 0.1) is 6.26 Å². The molecule has 0 radical (unpaired) electrons. The van der Waals surface area contributed by atoms with Gasteiger partial charge in [-0.3, -0.25) is 0 Å². The molecule has 0 aliphatic heterocycles. The lowest BCUT2D eigenvalue weighted by Crippen LogP contribution is -2.17. The Hall–Kier alpha value is -1.26. The van der Waals surface area contributed by atoms with Gasteiger partial charge in [0.2, 0.25) is 0 Å². The van der Waals surface area contributed by atoms with Gasteiger partial charge in [0, 0.05) is 11.0 Å². The van der Waals surface area contributed by atoms with Crippen molar-refractivity contribution in [2.75, 3.05) is 6.54 Å². The van der Waals surface area contributed by atoms with E-state index >= 15 is 0 Å². The van der Waals surface area contributed by atoms with Crippen molar-refractivity contribution < 1.29 is 9.15 Å². The number of hydrogen-bond acceptors (Lipinski definition) is 3. The molecule has 0 aliphatic rings. The quantitative estimate of drug-likeness (QED) is 0.937. The second kappa shape index (κ2) is 5.18. The Balaban J connectivity index is 2.13. The van der Waals surface area contributed by atoms with E-state index in [4.69, 9.17) is 14.9 Å². The van der Waals surface area contributed by atoms with Crippen molar-refractivity contribution in [1.29, 1.82) is 0 Å². The fourth-order valence-corrected chi connectivity index (χ4v) is 1.78. The number of furan rings is 1. The third-order valence-electron chi connectivity index (χ3n) is 2.15. The molecule has 0 bridgehead atoms. The van der Waals surface area contributed by atoms with Crippen LogP contribution in [0.3, 0.4) is 0 Å². The summed E-state index contributed by atoms with van der Waals surface area (Å²) < 4.78 is 12.0. The Morgan fingerprint density at radius 3 is 2.81 bits per heavy atom. The van der Waals surface area contributed by atoms with Gasteiger partial charge in [-0.1, -0.05) is 22.0 Å². The minimum atomic E-state index is -0.246. The Bertz CT molecular complexity index is 442. The van der Waals surface area contributed by atoms with Gasteiger partial charge in [0.25, 0.3) is 0 Å². The molecular formula is C12H12BrNO2. The minimum absolute atomic E-state index is 0.246. The van der Waals surface area contributed by atoms with E-state index in [0.29, 0.717) is 6.54 Å². The Labute approximate surface area is 102 Å². The van der Waals surface area contributed by atoms with Crippen LogP contribution < -0.4 is 10.5 Å². The summed E-state index contributed by atoms with van der Waals surface area (Å²) in [7, 11) is 0. The number of ether oxygens (including phenoxy) is 1. The molecule has 1 aromatic carbocycles. The minimum Gasteiger partial charge on any atom is -0.481 e. The summed E-state index contributed by atoms with van der Waals surface area (Å²) in [4.78, 5) is 0. The maximum absolute atomic E-state index is 5.74. The van der Waals surface area contributed by atoms with Crippen molar-refractivity contribution in [3.63, 3.8) is 0 Å². The molecule has 2 aromatic rings. The first kappa shape index (κ1) is 11.2. The van der Waals surface area contributed by atoms with Crippen LogP contribution in [0.1, 0.15) is 11.9 Å². The van der Waals surface area contributed by atoms with Crippen LogP contribution in [0.2, 0.25) is 0 Å². The van der Waals surface area contributed by atoms with Crippen LogP contribution in [0.4, 0.5) is 0 Å². The van der Waals surface area contributed by atoms with Gasteiger partial charge in [-0.2, -0.15) is 0 Å². The zero-order valence-corrected chi connectivity index (χ0v) is 10.2. The first-order valence-corrected chi connectivity index (χ1v) is 5.74. The molecule has 1 aromatic heterocycles. The molecule has 1 heterocycles. The van der Waals surface area contributed by atoms with E-state index in [9.17, 15) is 0 Å². The smallest absolute Gasteiger partial charge is 0.168 e. The van der Waals surface area contributed by atoms with Crippen LogP contribution in [0.25, 0.3) is 0 Å². The van der Waals surface area contributed by atoms with Crippen LogP contribution in [-0.4, -0.2) is 6.54 Å². The molecule has 0 saturated heterocycles. The van der Waals surface area contributed by atoms with E-state index < -0.39 is 0 Å². The summed E-state index contributed by atoms with van der Waals surface area (Å²) in [6, 6.07) is 11.3. The molecule has 2 rings (SSSR count). The molecule has 84 valence electrons. The molecule has 0 spiro atoms. The normalized spacial score (nSPS) is 12.4. The molecule has 2 N–H and O–H groups in total. The third kappa shape index (κ3) is 2.65. The maximum atomic E-state index is 5.74. The Kier molecular flexibility index (Phi) is 3.64. The second-order valence-electron chi connectivity index (χ2n) is 3.31. The molecule has 16 heavy (non-hydrogen) atoms. The first-order chi connectivity index (χ1) is 7.79. The molecule has 0 fully saturated rings. The fourth-order valence-electron chi connectivity index (χ4n) is 1.40. The zero-order valence-electron chi connectivity index (χ0n) is 8.60. The number of rotatable bonds is 4. The van der Waals surface area contributed by atoms with Gasteiger partial charge >= 0.3 is 0 Å². The van der Waals surface area contributed by atoms with E-state index in [0.717, 1.165) is 16.0 Å².